The van der Waals surface area contributed by atoms with E-state index in [9.17, 15) is 15.3 Å². The highest BCUT2D eigenvalue weighted by molar-refractivity contribution is 5.81. The smallest absolute Gasteiger partial charge is 0.268 e. The number of anilines is 1. The Kier molecular flexibility index (Phi) is 4.70. The molecular weight excluding hydrogens is 310 g/mol. The first-order valence-corrected chi connectivity index (χ1v) is 6.61. The van der Waals surface area contributed by atoms with Gasteiger partial charge in [0, 0.05) is 5.56 Å². The van der Waals surface area contributed by atoms with Crippen LogP contribution in [-0.4, -0.2) is 18.7 Å². The number of hydrogen-bond acceptors (Lipinski definition) is 7. The monoisotopic (exact) mass is 321 g/mol. The Morgan fingerprint density at radius 3 is 2.46 bits per heavy atom. The van der Waals surface area contributed by atoms with Gasteiger partial charge in [0.15, 0.2) is 18.1 Å². The van der Waals surface area contributed by atoms with Crippen molar-refractivity contribution >= 4 is 5.82 Å². The number of nitrogen functional groups attached to an aromatic ring is 1. The number of aromatic amines is 1. The quantitative estimate of drug-likeness (QED) is 0.861. The first kappa shape index (κ1) is 16.4. The Hall–Kier alpha value is -3.96. The summed E-state index contributed by atoms with van der Waals surface area (Å²) >= 11 is 0. The number of nitrogens with zero attached hydrogens (tertiary/aromatic N) is 3. The van der Waals surface area contributed by atoms with Crippen LogP contribution in [0.1, 0.15) is 11.1 Å². The van der Waals surface area contributed by atoms with E-state index in [1.54, 1.807) is 12.1 Å². The first-order valence-electron chi connectivity index (χ1n) is 6.61. The van der Waals surface area contributed by atoms with Crippen molar-refractivity contribution in [1.29, 1.82) is 15.8 Å². The molecule has 0 aliphatic heterocycles. The zero-order valence-corrected chi connectivity index (χ0v) is 12.6. The second-order valence-corrected chi connectivity index (χ2v) is 4.53. The Morgan fingerprint density at radius 2 is 1.88 bits per heavy atom. The summed E-state index contributed by atoms with van der Waals surface area (Å²) in [6.45, 7) is -0.166. The number of aromatic nitrogens is 1. The van der Waals surface area contributed by atoms with Crippen LogP contribution in [0.2, 0.25) is 0 Å². The van der Waals surface area contributed by atoms with Gasteiger partial charge < -0.3 is 20.2 Å². The lowest BCUT2D eigenvalue weighted by Gasteiger charge is -2.12. The van der Waals surface area contributed by atoms with Crippen molar-refractivity contribution in [2.75, 3.05) is 19.5 Å². The molecule has 0 bridgehead atoms. The molecular formula is C16H11N5O3. The van der Waals surface area contributed by atoms with Crippen LogP contribution in [0.5, 0.6) is 11.5 Å². The molecule has 2 rings (SSSR count). The number of benzene rings is 1. The van der Waals surface area contributed by atoms with E-state index >= 15 is 0 Å². The van der Waals surface area contributed by atoms with Crippen LogP contribution in [0, 0.1) is 34.0 Å². The van der Waals surface area contributed by atoms with Crippen molar-refractivity contribution in [3.05, 3.63) is 39.7 Å². The highest BCUT2D eigenvalue weighted by Gasteiger charge is 2.19. The van der Waals surface area contributed by atoms with E-state index in [0.717, 1.165) is 0 Å². The SMILES string of the molecule is COc1cc(-c2c(C#N)c(N)[nH]c(=O)c2C#N)ccc1OCC#N. The number of ether oxygens (including phenoxy) is 2. The number of nitrogens with two attached hydrogens (primary N) is 1. The van der Waals surface area contributed by atoms with Crippen molar-refractivity contribution in [1.82, 2.24) is 4.98 Å². The summed E-state index contributed by atoms with van der Waals surface area (Å²) in [6, 6.07) is 10.1. The molecule has 0 spiro atoms. The average Bonchev–Trinajstić information content (AvgIpc) is 2.59. The van der Waals surface area contributed by atoms with Crippen LogP contribution >= 0.6 is 0 Å². The van der Waals surface area contributed by atoms with Crippen molar-refractivity contribution < 1.29 is 9.47 Å². The summed E-state index contributed by atoms with van der Waals surface area (Å²) in [5.41, 5.74) is 5.26. The van der Waals surface area contributed by atoms with Crippen LogP contribution in [0.3, 0.4) is 0 Å². The summed E-state index contributed by atoms with van der Waals surface area (Å²) in [7, 11) is 1.40. The van der Waals surface area contributed by atoms with Gasteiger partial charge in [-0.3, -0.25) is 4.79 Å². The van der Waals surface area contributed by atoms with Gasteiger partial charge in [-0.05, 0) is 17.7 Å². The van der Waals surface area contributed by atoms with Crippen molar-refractivity contribution in [3.63, 3.8) is 0 Å². The number of H-pyrrole nitrogens is 1. The zero-order chi connectivity index (χ0) is 17.7. The Labute approximate surface area is 136 Å². The topological polar surface area (TPSA) is 149 Å². The number of nitriles is 3. The lowest BCUT2D eigenvalue weighted by Crippen LogP contribution is -2.16. The molecule has 118 valence electrons. The van der Waals surface area contributed by atoms with Crippen LogP contribution < -0.4 is 20.8 Å². The minimum absolute atomic E-state index is 0.0149. The van der Waals surface area contributed by atoms with Gasteiger partial charge in [-0.25, -0.2) is 0 Å². The van der Waals surface area contributed by atoms with Crippen molar-refractivity contribution in [2.24, 2.45) is 0 Å². The number of hydrogen-bond donors (Lipinski definition) is 2. The molecule has 3 N–H and O–H groups in total. The molecule has 0 amide bonds. The maximum atomic E-state index is 11.9. The molecule has 1 aromatic heterocycles. The van der Waals surface area contributed by atoms with Crippen molar-refractivity contribution in [3.8, 4) is 40.8 Å². The zero-order valence-electron chi connectivity index (χ0n) is 12.6. The first-order chi connectivity index (χ1) is 11.6. The van der Waals surface area contributed by atoms with E-state index in [2.05, 4.69) is 4.98 Å². The molecule has 0 fully saturated rings. The predicted octanol–water partition coefficient (Wildman–Crippen LogP) is 1.28. The summed E-state index contributed by atoms with van der Waals surface area (Å²) in [5.74, 6) is 0.479. The molecule has 0 aliphatic rings. The third-order valence-corrected chi connectivity index (χ3v) is 3.21. The minimum Gasteiger partial charge on any atom is -0.493 e. The molecule has 0 saturated heterocycles. The minimum atomic E-state index is -0.687. The highest BCUT2D eigenvalue weighted by atomic mass is 16.5. The molecule has 24 heavy (non-hydrogen) atoms. The Bertz CT molecular complexity index is 973. The van der Waals surface area contributed by atoms with Gasteiger partial charge >= 0.3 is 0 Å². The third-order valence-electron chi connectivity index (χ3n) is 3.21. The molecule has 0 atom stereocenters. The third kappa shape index (κ3) is 2.83. The van der Waals surface area contributed by atoms with Crippen LogP contribution in [0.25, 0.3) is 11.1 Å². The van der Waals surface area contributed by atoms with Gasteiger partial charge in [-0.1, -0.05) is 6.07 Å². The van der Waals surface area contributed by atoms with E-state index in [1.807, 2.05) is 12.1 Å². The molecule has 8 nitrogen and oxygen atoms in total. The summed E-state index contributed by atoms with van der Waals surface area (Å²) in [4.78, 5) is 14.2. The number of methoxy groups -OCH3 is 1. The van der Waals surface area contributed by atoms with Gasteiger partial charge in [-0.15, -0.1) is 0 Å². The summed E-state index contributed by atoms with van der Waals surface area (Å²) in [6.07, 6.45) is 0. The highest BCUT2D eigenvalue weighted by Crippen LogP contribution is 2.35. The van der Waals surface area contributed by atoms with E-state index in [-0.39, 0.29) is 34.9 Å². The molecule has 1 aromatic carbocycles. The van der Waals surface area contributed by atoms with Crippen LogP contribution in [0.4, 0.5) is 5.82 Å². The fraction of sp³-hybridized carbons (Fsp3) is 0.125. The second kappa shape index (κ2) is 6.87. The molecule has 0 aliphatic carbocycles. The average molecular weight is 321 g/mol. The van der Waals surface area contributed by atoms with E-state index < -0.39 is 5.56 Å². The van der Waals surface area contributed by atoms with Gasteiger partial charge in [0.25, 0.3) is 5.56 Å². The second-order valence-electron chi connectivity index (χ2n) is 4.53. The Morgan fingerprint density at radius 1 is 1.17 bits per heavy atom. The summed E-state index contributed by atoms with van der Waals surface area (Å²) in [5, 5.41) is 27.2. The molecule has 8 heteroatoms. The normalized spacial score (nSPS) is 9.42. The molecule has 0 saturated carbocycles. The van der Waals surface area contributed by atoms with E-state index in [4.69, 9.17) is 20.5 Å². The predicted molar refractivity (Wildman–Crippen MR) is 84.0 cm³/mol. The van der Waals surface area contributed by atoms with E-state index in [1.165, 1.54) is 19.2 Å². The van der Waals surface area contributed by atoms with Gasteiger partial charge in [0.2, 0.25) is 0 Å². The lowest BCUT2D eigenvalue weighted by atomic mass is 9.96. The van der Waals surface area contributed by atoms with Gasteiger partial charge in [0.1, 0.15) is 35.2 Å². The number of nitrogens with one attached hydrogen (secondary N) is 1. The largest absolute Gasteiger partial charge is 0.493 e. The van der Waals surface area contributed by atoms with Crippen LogP contribution in [-0.2, 0) is 0 Å². The maximum Gasteiger partial charge on any atom is 0.268 e. The number of rotatable bonds is 4. The standard InChI is InChI=1S/C16H11N5O3/c1-23-13-6-9(2-3-12(13)24-5-4-17)14-10(7-18)15(20)21-16(22)11(14)8-19/h2-3,6H,5H2,1H3,(H3,20,21,22). The van der Waals surface area contributed by atoms with E-state index in [0.29, 0.717) is 11.3 Å². The molecule has 2 aromatic rings. The van der Waals surface area contributed by atoms with Crippen LogP contribution in [0.15, 0.2) is 23.0 Å². The fourth-order valence-corrected chi connectivity index (χ4v) is 2.18. The summed E-state index contributed by atoms with van der Waals surface area (Å²) < 4.78 is 10.4. The molecule has 1 heterocycles. The lowest BCUT2D eigenvalue weighted by molar-refractivity contribution is 0.330. The van der Waals surface area contributed by atoms with Gasteiger partial charge in [0.05, 0.1) is 7.11 Å². The maximum absolute atomic E-state index is 11.9. The molecule has 0 radical (unpaired) electrons. The molecule has 0 unspecified atom stereocenters. The van der Waals surface area contributed by atoms with Crippen molar-refractivity contribution in [2.45, 2.75) is 0 Å². The number of pyridine rings is 1. The fourth-order valence-electron chi connectivity index (χ4n) is 2.18. The Balaban J connectivity index is 2.74. The van der Waals surface area contributed by atoms with Gasteiger partial charge in [-0.2, -0.15) is 15.8 Å².